The van der Waals surface area contributed by atoms with E-state index < -0.39 is 0 Å². The number of anilines is 2. The molecule has 0 fully saturated rings. The van der Waals surface area contributed by atoms with Gasteiger partial charge in [-0.1, -0.05) is 54.6 Å². The van der Waals surface area contributed by atoms with Gasteiger partial charge in [0, 0.05) is 23.8 Å². The topological polar surface area (TPSA) is 7.60 Å². The molecule has 0 aromatic heterocycles. The van der Waals surface area contributed by atoms with Crippen LogP contribution in [0.25, 0.3) is 15.6 Å². The van der Waals surface area contributed by atoms with Crippen molar-refractivity contribution in [3.8, 4) is 0 Å². The lowest BCUT2D eigenvalue weighted by atomic mass is 10.1. The predicted octanol–water partition coefficient (Wildman–Crippen LogP) is 5.16. The van der Waals surface area contributed by atoms with Gasteiger partial charge in [0.05, 0.1) is 6.57 Å². The summed E-state index contributed by atoms with van der Waals surface area (Å²) in [7, 11) is 2.01. The van der Waals surface area contributed by atoms with E-state index >= 15 is 0 Å². The predicted molar refractivity (Wildman–Crippen MR) is 84.7 cm³/mol. The summed E-state index contributed by atoms with van der Waals surface area (Å²) < 4.78 is 0. The minimum absolute atomic E-state index is 0.669. The van der Waals surface area contributed by atoms with E-state index in [2.05, 4.69) is 40.1 Å². The molecular formula is C18H14N2. The first-order valence-corrected chi connectivity index (χ1v) is 6.49. The van der Waals surface area contributed by atoms with Crippen LogP contribution in [0.15, 0.2) is 66.7 Å². The Kier molecular flexibility index (Phi) is 3.10. The van der Waals surface area contributed by atoms with Crippen LogP contribution in [0, 0.1) is 6.57 Å². The average molecular weight is 258 g/mol. The summed E-state index contributed by atoms with van der Waals surface area (Å²) in [5.74, 6) is 0. The molecule has 0 heterocycles. The molecule has 20 heavy (non-hydrogen) atoms. The molecule has 0 aliphatic heterocycles. The van der Waals surface area contributed by atoms with Crippen molar-refractivity contribution >= 4 is 27.8 Å². The van der Waals surface area contributed by atoms with Gasteiger partial charge in [0.25, 0.3) is 0 Å². The standard InChI is InChI=1S/C18H14N2/c1-19-16-11-5-6-12-18(16)20(2)17-13-7-9-14-8-3-4-10-15(14)17/h3-13H,2H3. The Morgan fingerprint density at radius 1 is 0.800 bits per heavy atom. The van der Waals surface area contributed by atoms with Crippen molar-refractivity contribution in [2.45, 2.75) is 0 Å². The van der Waals surface area contributed by atoms with Gasteiger partial charge in [0.15, 0.2) is 0 Å². The third kappa shape index (κ3) is 2.00. The Balaban J connectivity index is 2.18. The lowest BCUT2D eigenvalue weighted by molar-refractivity contribution is 1.23. The number of hydrogen-bond donors (Lipinski definition) is 0. The molecule has 0 amide bonds. The number of fused-ring (bicyclic) bond motifs is 1. The van der Waals surface area contributed by atoms with Crippen LogP contribution in [0.2, 0.25) is 0 Å². The molecule has 0 N–H and O–H groups in total. The van der Waals surface area contributed by atoms with Crippen LogP contribution in [0.1, 0.15) is 0 Å². The quantitative estimate of drug-likeness (QED) is 0.576. The average Bonchev–Trinajstić information content (AvgIpc) is 2.53. The molecule has 2 nitrogen and oxygen atoms in total. The monoisotopic (exact) mass is 258 g/mol. The van der Waals surface area contributed by atoms with Crippen molar-refractivity contribution in [1.82, 2.24) is 0 Å². The van der Waals surface area contributed by atoms with E-state index in [1.165, 1.54) is 10.8 Å². The molecule has 0 spiro atoms. The summed E-state index contributed by atoms with van der Waals surface area (Å²) in [5, 5.41) is 2.40. The molecule has 2 heteroatoms. The van der Waals surface area contributed by atoms with E-state index in [4.69, 9.17) is 6.57 Å². The zero-order chi connectivity index (χ0) is 13.9. The lowest BCUT2D eigenvalue weighted by Gasteiger charge is -2.22. The Bertz CT molecular complexity index is 794. The van der Waals surface area contributed by atoms with E-state index in [0.717, 1.165) is 11.4 Å². The third-order valence-corrected chi connectivity index (χ3v) is 3.49. The Labute approximate surface area is 118 Å². The van der Waals surface area contributed by atoms with E-state index in [-0.39, 0.29) is 0 Å². The number of para-hydroxylation sites is 2. The maximum absolute atomic E-state index is 7.30. The molecule has 0 radical (unpaired) electrons. The minimum Gasteiger partial charge on any atom is -0.354 e. The van der Waals surface area contributed by atoms with Crippen LogP contribution in [0.3, 0.4) is 0 Å². The third-order valence-electron chi connectivity index (χ3n) is 3.49. The highest BCUT2D eigenvalue weighted by molar-refractivity contribution is 5.97. The summed E-state index contributed by atoms with van der Waals surface area (Å²) in [4.78, 5) is 5.68. The fourth-order valence-electron chi connectivity index (χ4n) is 2.47. The molecular weight excluding hydrogens is 244 g/mol. The van der Waals surface area contributed by atoms with Gasteiger partial charge < -0.3 is 4.90 Å². The van der Waals surface area contributed by atoms with Crippen molar-refractivity contribution in [1.29, 1.82) is 0 Å². The Morgan fingerprint density at radius 2 is 1.45 bits per heavy atom. The lowest BCUT2D eigenvalue weighted by Crippen LogP contribution is -2.09. The molecule has 3 aromatic carbocycles. The molecule has 0 aliphatic carbocycles. The Morgan fingerprint density at radius 3 is 2.30 bits per heavy atom. The van der Waals surface area contributed by atoms with Crippen LogP contribution in [-0.2, 0) is 0 Å². The summed E-state index contributed by atoms with van der Waals surface area (Å²) in [5.41, 5.74) is 2.71. The normalized spacial score (nSPS) is 10.2. The van der Waals surface area contributed by atoms with Crippen LogP contribution >= 0.6 is 0 Å². The highest BCUT2D eigenvalue weighted by atomic mass is 15.1. The Hall–Kier alpha value is -2.79. The van der Waals surface area contributed by atoms with Gasteiger partial charge in [-0.15, -0.1) is 0 Å². The molecule has 3 rings (SSSR count). The van der Waals surface area contributed by atoms with Gasteiger partial charge in [0.2, 0.25) is 5.69 Å². The number of rotatable bonds is 2. The molecule has 0 unspecified atom stereocenters. The zero-order valence-corrected chi connectivity index (χ0v) is 11.2. The highest BCUT2D eigenvalue weighted by Gasteiger charge is 2.10. The van der Waals surface area contributed by atoms with Gasteiger partial charge in [-0.2, -0.15) is 0 Å². The van der Waals surface area contributed by atoms with Crippen LogP contribution < -0.4 is 4.90 Å². The fraction of sp³-hybridized carbons (Fsp3) is 0.0556. The van der Waals surface area contributed by atoms with Gasteiger partial charge >= 0.3 is 0 Å². The molecule has 96 valence electrons. The maximum atomic E-state index is 7.30. The van der Waals surface area contributed by atoms with Crippen LogP contribution in [0.4, 0.5) is 17.1 Å². The van der Waals surface area contributed by atoms with E-state index in [0.29, 0.717) is 5.69 Å². The fourth-order valence-corrected chi connectivity index (χ4v) is 2.47. The summed E-state index contributed by atoms with van der Waals surface area (Å²) in [6, 6.07) is 22.2. The van der Waals surface area contributed by atoms with Crippen LogP contribution in [-0.4, -0.2) is 7.05 Å². The van der Waals surface area contributed by atoms with Crippen LogP contribution in [0.5, 0.6) is 0 Å². The van der Waals surface area contributed by atoms with Gasteiger partial charge in [0.1, 0.15) is 0 Å². The van der Waals surface area contributed by atoms with E-state index in [1.54, 1.807) is 0 Å². The largest absolute Gasteiger partial charge is 0.354 e. The molecule has 0 bridgehead atoms. The zero-order valence-electron chi connectivity index (χ0n) is 11.2. The second-order valence-electron chi connectivity index (χ2n) is 4.66. The first-order valence-electron chi connectivity index (χ1n) is 6.49. The van der Waals surface area contributed by atoms with Gasteiger partial charge in [-0.25, -0.2) is 4.85 Å². The summed E-state index contributed by atoms with van der Waals surface area (Å²) >= 11 is 0. The van der Waals surface area contributed by atoms with Crippen molar-refractivity contribution in [2.75, 3.05) is 11.9 Å². The smallest absolute Gasteiger partial charge is 0.210 e. The van der Waals surface area contributed by atoms with E-state index in [9.17, 15) is 0 Å². The minimum atomic E-state index is 0.669. The first kappa shape index (κ1) is 12.3. The second kappa shape index (κ2) is 5.07. The number of nitrogens with zero attached hydrogens (tertiary/aromatic N) is 2. The molecule has 0 atom stereocenters. The first-order chi connectivity index (χ1) is 9.81. The number of hydrogen-bond acceptors (Lipinski definition) is 1. The number of benzene rings is 3. The molecule has 0 saturated carbocycles. The van der Waals surface area contributed by atoms with Crippen molar-refractivity contribution in [3.05, 3.63) is 78.1 Å². The van der Waals surface area contributed by atoms with Gasteiger partial charge in [-0.3, -0.25) is 0 Å². The summed E-state index contributed by atoms with van der Waals surface area (Å²) in [6.45, 7) is 7.30. The van der Waals surface area contributed by atoms with Gasteiger partial charge in [-0.05, 0) is 17.5 Å². The van der Waals surface area contributed by atoms with Crippen molar-refractivity contribution < 1.29 is 0 Å². The highest BCUT2D eigenvalue weighted by Crippen LogP contribution is 2.35. The van der Waals surface area contributed by atoms with Crippen molar-refractivity contribution in [3.63, 3.8) is 0 Å². The second-order valence-corrected chi connectivity index (χ2v) is 4.66. The van der Waals surface area contributed by atoms with Crippen molar-refractivity contribution in [2.24, 2.45) is 0 Å². The molecule has 3 aromatic rings. The van der Waals surface area contributed by atoms with E-state index in [1.807, 2.05) is 43.4 Å². The molecule has 0 saturated heterocycles. The summed E-state index contributed by atoms with van der Waals surface area (Å²) in [6.07, 6.45) is 0. The molecule has 0 aliphatic rings. The maximum Gasteiger partial charge on any atom is 0.210 e. The SMILES string of the molecule is [C-]#[N+]c1ccccc1N(C)c1cccc2ccccc12.